The minimum Gasteiger partial charge on any atom is -0.352 e. The molecule has 6 rings (SSSR count). The number of piperidine rings is 1. The molecule has 4 saturated carbocycles. The van der Waals surface area contributed by atoms with Gasteiger partial charge in [-0.3, -0.25) is 0 Å². The van der Waals surface area contributed by atoms with Crippen molar-refractivity contribution in [1.82, 2.24) is 9.62 Å². The number of nitrogens with two attached hydrogens (primary N) is 1. The highest BCUT2D eigenvalue weighted by atomic mass is 32.2. The van der Waals surface area contributed by atoms with Crippen LogP contribution in [0.25, 0.3) is 0 Å². The van der Waals surface area contributed by atoms with Gasteiger partial charge in [0.2, 0.25) is 10.0 Å². The van der Waals surface area contributed by atoms with E-state index in [1.165, 1.54) is 19.3 Å². The van der Waals surface area contributed by atoms with Crippen LogP contribution in [-0.4, -0.2) is 37.4 Å². The van der Waals surface area contributed by atoms with E-state index in [0.29, 0.717) is 35.7 Å². The third-order valence-electron chi connectivity index (χ3n) is 9.17. The zero-order chi connectivity index (χ0) is 23.6. The summed E-state index contributed by atoms with van der Waals surface area (Å²) in [5.41, 5.74) is 6.81. The highest BCUT2D eigenvalue weighted by Crippen LogP contribution is 2.65. The maximum absolute atomic E-state index is 13.3. The first-order chi connectivity index (χ1) is 15.4. The van der Waals surface area contributed by atoms with E-state index in [1.54, 1.807) is 16.4 Å². The number of primary amides is 1. The van der Waals surface area contributed by atoms with Crippen molar-refractivity contribution in [2.45, 2.75) is 88.0 Å². The van der Waals surface area contributed by atoms with Gasteiger partial charge in [-0.2, -0.15) is 4.31 Å². The minimum absolute atomic E-state index is 0.000763. The molecule has 4 aliphatic carbocycles. The molecule has 1 saturated heterocycles. The van der Waals surface area contributed by atoms with Crippen LogP contribution in [0.15, 0.2) is 29.2 Å². The van der Waals surface area contributed by atoms with Gasteiger partial charge in [-0.25, -0.2) is 13.2 Å². The molecular formula is C26H39N3O3S. The fraction of sp³-hybridized carbons (Fsp3) is 0.731. The van der Waals surface area contributed by atoms with Crippen LogP contribution in [-0.2, 0) is 15.4 Å². The zero-order valence-electron chi connectivity index (χ0n) is 20.3. The molecule has 2 atom stereocenters. The molecule has 182 valence electrons. The lowest BCUT2D eigenvalue weighted by Gasteiger charge is -2.64. The molecule has 2 unspecified atom stereocenters. The smallest absolute Gasteiger partial charge is 0.312 e. The SMILES string of the molecule is CC(C)(C)c1ccc(S(=O)(=O)N2CCC(C34CC5CC(CC(NC(N)=O)(C5)C3)C4)CC2)cc1. The number of sulfonamides is 1. The molecule has 4 bridgehead atoms. The van der Waals surface area contributed by atoms with Crippen LogP contribution in [0.3, 0.4) is 0 Å². The maximum atomic E-state index is 13.3. The van der Waals surface area contributed by atoms with Gasteiger partial charge >= 0.3 is 6.03 Å². The van der Waals surface area contributed by atoms with Crippen LogP contribution < -0.4 is 11.1 Å². The summed E-state index contributed by atoms with van der Waals surface area (Å²) >= 11 is 0. The van der Waals surface area contributed by atoms with Gasteiger partial charge in [-0.15, -0.1) is 0 Å². The van der Waals surface area contributed by atoms with Gasteiger partial charge in [-0.05, 0) is 97.6 Å². The maximum Gasteiger partial charge on any atom is 0.312 e. The van der Waals surface area contributed by atoms with Crippen LogP contribution in [0.1, 0.15) is 77.7 Å². The summed E-state index contributed by atoms with van der Waals surface area (Å²) < 4.78 is 28.4. The van der Waals surface area contributed by atoms with Crippen molar-refractivity contribution in [3.8, 4) is 0 Å². The molecule has 3 N–H and O–H groups in total. The summed E-state index contributed by atoms with van der Waals surface area (Å²) in [5.74, 6) is 1.86. The van der Waals surface area contributed by atoms with Gasteiger partial charge in [-0.1, -0.05) is 32.9 Å². The Kier molecular flexibility index (Phi) is 5.41. The second-order valence-electron chi connectivity index (χ2n) is 12.5. The summed E-state index contributed by atoms with van der Waals surface area (Å²) in [6.07, 6.45) is 8.70. The van der Waals surface area contributed by atoms with Crippen molar-refractivity contribution in [3.05, 3.63) is 29.8 Å². The summed E-state index contributed by atoms with van der Waals surface area (Å²) in [4.78, 5) is 12.2. The van der Waals surface area contributed by atoms with Gasteiger partial charge in [0.05, 0.1) is 4.90 Å². The molecule has 1 aromatic carbocycles. The third-order valence-corrected chi connectivity index (χ3v) is 11.1. The van der Waals surface area contributed by atoms with E-state index in [-0.39, 0.29) is 16.4 Å². The van der Waals surface area contributed by atoms with Gasteiger partial charge < -0.3 is 11.1 Å². The highest BCUT2D eigenvalue weighted by molar-refractivity contribution is 7.89. The van der Waals surface area contributed by atoms with E-state index in [2.05, 4.69) is 26.1 Å². The van der Waals surface area contributed by atoms with Crippen molar-refractivity contribution in [2.75, 3.05) is 13.1 Å². The average molecular weight is 474 g/mol. The second-order valence-corrected chi connectivity index (χ2v) is 14.5. The molecule has 7 heteroatoms. The van der Waals surface area contributed by atoms with Gasteiger partial charge in [0.15, 0.2) is 0 Å². The van der Waals surface area contributed by atoms with Crippen LogP contribution in [0, 0.1) is 23.2 Å². The predicted molar refractivity (Wildman–Crippen MR) is 129 cm³/mol. The lowest BCUT2D eigenvalue weighted by atomic mass is 9.43. The van der Waals surface area contributed by atoms with Crippen LogP contribution in [0.4, 0.5) is 4.79 Å². The molecule has 0 radical (unpaired) electrons. The topological polar surface area (TPSA) is 92.5 Å². The molecule has 0 spiro atoms. The van der Waals surface area contributed by atoms with E-state index in [9.17, 15) is 13.2 Å². The molecule has 0 aromatic heterocycles. The predicted octanol–water partition coefficient (Wildman–Crippen LogP) is 4.39. The van der Waals surface area contributed by atoms with Crippen molar-refractivity contribution < 1.29 is 13.2 Å². The number of hydrogen-bond donors (Lipinski definition) is 2. The number of nitrogens with zero attached hydrogens (tertiary/aromatic N) is 1. The van der Waals surface area contributed by atoms with E-state index in [1.807, 2.05) is 12.1 Å². The summed E-state index contributed by atoms with van der Waals surface area (Å²) in [7, 11) is -3.47. The Morgan fingerprint density at radius 2 is 1.61 bits per heavy atom. The van der Waals surface area contributed by atoms with Crippen LogP contribution in [0.2, 0.25) is 0 Å². The Morgan fingerprint density at radius 3 is 2.12 bits per heavy atom. The van der Waals surface area contributed by atoms with Crippen LogP contribution in [0.5, 0.6) is 0 Å². The van der Waals surface area contributed by atoms with Crippen molar-refractivity contribution >= 4 is 16.1 Å². The van der Waals surface area contributed by atoms with E-state index in [4.69, 9.17) is 5.73 Å². The Bertz CT molecular complexity index is 1010. The first-order valence-corrected chi connectivity index (χ1v) is 14.0. The largest absolute Gasteiger partial charge is 0.352 e. The number of benzene rings is 1. The summed E-state index contributed by atoms with van der Waals surface area (Å²) in [6.45, 7) is 7.57. The monoisotopic (exact) mass is 473 g/mol. The molecule has 1 aromatic rings. The molecular weight excluding hydrogens is 434 g/mol. The highest BCUT2D eigenvalue weighted by Gasteiger charge is 2.60. The standard InChI is InChI=1S/C26H39N3O3S/c1-24(2,3)20-4-6-22(7-5-20)33(31,32)29-10-8-21(9-11-29)25-13-18-12-19(14-25)16-26(15-18,17-25)28-23(27)30/h4-7,18-19,21H,8-17H2,1-3H3,(H3,27,28,30). The minimum atomic E-state index is -3.47. The molecule has 2 amide bonds. The first kappa shape index (κ1) is 23.2. The second kappa shape index (κ2) is 7.70. The molecule has 1 heterocycles. The van der Waals surface area contributed by atoms with Gasteiger partial charge in [0.25, 0.3) is 0 Å². The summed E-state index contributed by atoms with van der Waals surface area (Å²) in [6, 6.07) is 7.02. The number of amides is 2. The first-order valence-electron chi connectivity index (χ1n) is 12.6. The molecule has 5 aliphatic rings. The number of rotatable bonds is 4. The zero-order valence-corrected chi connectivity index (χ0v) is 21.1. The molecule has 33 heavy (non-hydrogen) atoms. The summed E-state index contributed by atoms with van der Waals surface area (Å²) in [5, 5.41) is 3.15. The lowest BCUT2D eigenvalue weighted by molar-refractivity contribution is -0.114. The van der Waals surface area contributed by atoms with E-state index < -0.39 is 16.1 Å². The Morgan fingerprint density at radius 1 is 1.03 bits per heavy atom. The average Bonchev–Trinajstić information content (AvgIpc) is 2.71. The Hall–Kier alpha value is -1.60. The Balaban J connectivity index is 1.30. The molecule has 1 aliphatic heterocycles. The Labute approximate surface area is 198 Å². The fourth-order valence-electron chi connectivity index (χ4n) is 8.20. The fourth-order valence-corrected chi connectivity index (χ4v) is 9.67. The molecule has 5 fully saturated rings. The third kappa shape index (κ3) is 4.09. The molecule has 6 nitrogen and oxygen atoms in total. The number of urea groups is 1. The number of carbonyl (C=O) groups excluding carboxylic acids is 1. The van der Waals surface area contributed by atoms with Gasteiger partial charge in [0.1, 0.15) is 0 Å². The van der Waals surface area contributed by atoms with Crippen molar-refractivity contribution in [2.24, 2.45) is 28.9 Å². The van der Waals surface area contributed by atoms with Gasteiger partial charge in [0, 0.05) is 18.6 Å². The van der Waals surface area contributed by atoms with Crippen LogP contribution >= 0.6 is 0 Å². The van der Waals surface area contributed by atoms with E-state index in [0.717, 1.165) is 37.7 Å². The van der Waals surface area contributed by atoms with Crippen molar-refractivity contribution in [3.63, 3.8) is 0 Å². The number of carbonyl (C=O) groups is 1. The normalized spacial score (nSPS) is 35.0. The number of nitrogens with one attached hydrogen (secondary N) is 1. The van der Waals surface area contributed by atoms with E-state index >= 15 is 0 Å². The quantitative estimate of drug-likeness (QED) is 0.679. The van der Waals surface area contributed by atoms with Crippen molar-refractivity contribution in [1.29, 1.82) is 0 Å². The number of hydrogen-bond acceptors (Lipinski definition) is 3. The lowest BCUT2D eigenvalue weighted by Crippen LogP contribution is -2.65.